The fraction of sp³-hybridized carbons (Fsp3) is 0.235. The van der Waals surface area contributed by atoms with E-state index >= 15 is 0 Å². The minimum absolute atomic E-state index is 0.00555. The van der Waals surface area contributed by atoms with Crippen molar-refractivity contribution in [2.24, 2.45) is 0 Å². The van der Waals surface area contributed by atoms with E-state index in [1.807, 2.05) is 49.4 Å². The van der Waals surface area contributed by atoms with Crippen molar-refractivity contribution in [3.8, 4) is 0 Å². The average Bonchev–Trinajstić information content (AvgIpc) is 2.50. The van der Waals surface area contributed by atoms with E-state index in [0.29, 0.717) is 6.54 Å². The van der Waals surface area contributed by atoms with E-state index in [1.165, 1.54) is 4.90 Å². The summed E-state index contributed by atoms with van der Waals surface area (Å²) in [6.07, 6.45) is 0. The Morgan fingerprint density at radius 3 is 2.52 bits per heavy atom. The maximum absolute atomic E-state index is 11.8. The summed E-state index contributed by atoms with van der Waals surface area (Å²) in [4.78, 5) is 13.1. The Bertz CT molecular complexity index is 572. The molecule has 0 aliphatic rings. The van der Waals surface area contributed by atoms with Gasteiger partial charge in [-0.1, -0.05) is 36.4 Å². The number of carbonyl (C=O) groups is 1. The lowest BCUT2D eigenvalue weighted by molar-refractivity contribution is -0.115. The second-order valence-corrected chi connectivity index (χ2v) is 5.87. The molecule has 110 valence electrons. The van der Waals surface area contributed by atoms with E-state index in [4.69, 9.17) is 0 Å². The predicted molar refractivity (Wildman–Crippen MR) is 89.8 cm³/mol. The largest absolute Gasteiger partial charge is 0.325 e. The fourth-order valence-corrected chi connectivity index (χ4v) is 2.70. The van der Waals surface area contributed by atoms with Crippen molar-refractivity contribution in [1.82, 2.24) is 5.32 Å². The zero-order chi connectivity index (χ0) is 14.9. The molecule has 2 N–H and O–H groups in total. The van der Waals surface area contributed by atoms with Gasteiger partial charge in [0.2, 0.25) is 5.91 Å². The smallest absolute Gasteiger partial charge is 0.238 e. The Hall–Kier alpha value is -1.78. The second-order valence-electron chi connectivity index (χ2n) is 4.70. The van der Waals surface area contributed by atoms with Crippen LogP contribution in [0, 0.1) is 6.92 Å². The zero-order valence-corrected chi connectivity index (χ0v) is 13.0. The molecular weight excluding hydrogens is 280 g/mol. The first-order valence-electron chi connectivity index (χ1n) is 7.00. The van der Waals surface area contributed by atoms with E-state index in [2.05, 4.69) is 22.8 Å². The van der Waals surface area contributed by atoms with Crippen LogP contribution in [0.5, 0.6) is 0 Å². The third kappa shape index (κ3) is 5.61. The highest BCUT2D eigenvalue weighted by molar-refractivity contribution is 7.99. The Morgan fingerprint density at radius 2 is 1.76 bits per heavy atom. The van der Waals surface area contributed by atoms with Gasteiger partial charge in [-0.25, -0.2) is 0 Å². The van der Waals surface area contributed by atoms with Gasteiger partial charge in [0.1, 0.15) is 0 Å². The molecule has 0 atom stereocenters. The number of hydrogen-bond donors (Lipinski definition) is 2. The highest BCUT2D eigenvalue weighted by Gasteiger charge is 2.03. The number of hydrogen-bond acceptors (Lipinski definition) is 3. The van der Waals surface area contributed by atoms with Crippen LogP contribution in [0.2, 0.25) is 0 Å². The standard InChI is InChI=1S/C17H20N2OS/c1-14-7-5-6-10-16(14)19-17(20)13-18-11-12-21-15-8-3-2-4-9-15/h2-10,18H,11-13H2,1H3,(H,19,20). The molecule has 4 heteroatoms. The summed E-state index contributed by atoms with van der Waals surface area (Å²) in [6.45, 7) is 3.13. The van der Waals surface area contributed by atoms with Crippen LogP contribution >= 0.6 is 11.8 Å². The summed E-state index contributed by atoms with van der Waals surface area (Å²) in [7, 11) is 0. The lowest BCUT2D eigenvalue weighted by Crippen LogP contribution is -2.29. The van der Waals surface area contributed by atoms with E-state index in [0.717, 1.165) is 23.5 Å². The molecule has 0 saturated heterocycles. The van der Waals surface area contributed by atoms with Crippen molar-refractivity contribution in [2.45, 2.75) is 11.8 Å². The van der Waals surface area contributed by atoms with Gasteiger partial charge in [-0.2, -0.15) is 0 Å². The monoisotopic (exact) mass is 300 g/mol. The number of amides is 1. The molecule has 2 aromatic rings. The molecule has 0 radical (unpaired) electrons. The molecular formula is C17H20N2OS. The van der Waals surface area contributed by atoms with E-state index in [9.17, 15) is 4.79 Å². The molecule has 0 heterocycles. The van der Waals surface area contributed by atoms with Gasteiger partial charge in [-0.3, -0.25) is 4.79 Å². The summed E-state index contributed by atoms with van der Waals surface area (Å²) < 4.78 is 0. The fourth-order valence-electron chi connectivity index (χ4n) is 1.87. The van der Waals surface area contributed by atoms with Gasteiger partial charge in [-0.15, -0.1) is 11.8 Å². The Morgan fingerprint density at radius 1 is 1.05 bits per heavy atom. The average molecular weight is 300 g/mol. The molecule has 2 aromatic carbocycles. The van der Waals surface area contributed by atoms with Crippen molar-refractivity contribution in [2.75, 3.05) is 24.2 Å². The zero-order valence-electron chi connectivity index (χ0n) is 12.1. The van der Waals surface area contributed by atoms with Crippen molar-refractivity contribution < 1.29 is 4.79 Å². The van der Waals surface area contributed by atoms with Crippen LogP contribution in [-0.4, -0.2) is 24.7 Å². The number of rotatable bonds is 7. The summed E-state index contributed by atoms with van der Waals surface area (Å²) in [5.41, 5.74) is 1.95. The second kappa shape index (κ2) is 8.49. The molecule has 2 rings (SSSR count). The normalized spacial score (nSPS) is 10.3. The minimum atomic E-state index is -0.00555. The SMILES string of the molecule is Cc1ccccc1NC(=O)CNCCSc1ccccc1. The third-order valence-electron chi connectivity index (χ3n) is 3.00. The molecule has 0 aliphatic heterocycles. The molecule has 0 aromatic heterocycles. The predicted octanol–water partition coefficient (Wildman–Crippen LogP) is 3.32. The molecule has 0 bridgehead atoms. The number of carbonyl (C=O) groups excluding carboxylic acids is 1. The molecule has 0 fully saturated rings. The molecule has 3 nitrogen and oxygen atoms in total. The Labute approximate surface area is 130 Å². The van der Waals surface area contributed by atoms with Crippen LogP contribution in [0.15, 0.2) is 59.5 Å². The quantitative estimate of drug-likeness (QED) is 0.609. The van der Waals surface area contributed by atoms with Gasteiger partial charge >= 0.3 is 0 Å². The van der Waals surface area contributed by atoms with Crippen LogP contribution in [0.1, 0.15) is 5.56 Å². The number of nitrogens with one attached hydrogen (secondary N) is 2. The van der Waals surface area contributed by atoms with Gasteiger partial charge < -0.3 is 10.6 Å². The lowest BCUT2D eigenvalue weighted by atomic mass is 10.2. The lowest BCUT2D eigenvalue weighted by Gasteiger charge is -2.08. The third-order valence-corrected chi connectivity index (χ3v) is 4.01. The molecule has 0 saturated carbocycles. The first kappa shape index (κ1) is 15.6. The van der Waals surface area contributed by atoms with Gasteiger partial charge in [0, 0.05) is 22.9 Å². The van der Waals surface area contributed by atoms with Crippen LogP contribution < -0.4 is 10.6 Å². The Balaban J connectivity index is 1.63. The first-order chi connectivity index (χ1) is 10.3. The summed E-state index contributed by atoms with van der Waals surface area (Å²) in [5.74, 6) is 0.941. The molecule has 0 spiro atoms. The van der Waals surface area contributed by atoms with Crippen molar-refractivity contribution in [1.29, 1.82) is 0 Å². The number of anilines is 1. The van der Waals surface area contributed by atoms with Gasteiger partial charge in [-0.05, 0) is 30.7 Å². The number of thioether (sulfide) groups is 1. The molecule has 1 amide bonds. The minimum Gasteiger partial charge on any atom is -0.325 e. The van der Waals surface area contributed by atoms with Crippen LogP contribution in [0.4, 0.5) is 5.69 Å². The van der Waals surface area contributed by atoms with Crippen LogP contribution in [0.25, 0.3) is 0 Å². The number of para-hydroxylation sites is 1. The van der Waals surface area contributed by atoms with Crippen molar-refractivity contribution in [3.05, 3.63) is 60.2 Å². The van der Waals surface area contributed by atoms with Gasteiger partial charge in [0.25, 0.3) is 0 Å². The maximum Gasteiger partial charge on any atom is 0.238 e. The molecule has 0 unspecified atom stereocenters. The topological polar surface area (TPSA) is 41.1 Å². The molecule has 0 aliphatic carbocycles. The van der Waals surface area contributed by atoms with E-state index in [1.54, 1.807) is 11.8 Å². The highest BCUT2D eigenvalue weighted by Crippen LogP contribution is 2.15. The van der Waals surface area contributed by atoms with E-state index in [-0.39, 0.29) is 5.91 Å². The number of benzene rings is 2. The maximum atomic E-state index is 11.8. The van der Waals surface area contributed by atoms with Gasteiger partial charge in [0.05, 0.1) is 6.54 Å². The van der Waals surface area contributed by atoms with Crippen molar-refractivity contribution in [3.63, 3.8) is 0 Å². The van der Waals surface area contributed by atoms with Crippen molar-refractivity contribution >= 4 is 23.4 Å². The number of aryl methyl sites for hydroxylation is 1. The first-order valence-corrected chi connectivity index (χ1v) is 7.98. The van der Waals surface area contributed by atoms with E-state index < -0.39 is 0 Å². The summed E-state index contributed by atoms with van der Waals surface area (Å²) >= 11 is 1.78. The molecule has 21 heavy (non-hydrogen) atoms. The highest BCUT2D eigenvalue weighted by atomic mass is 32.2. The Kier molecular flexibility index (Phi) is 6.31. The van der Waals surface area contributed by atoms with Crippen LogP contribution in [-0.2, 0) is 4.79 Å². The van der Waals surface area contributed by atoms with Gasteiger partial charge in [0.15, 0.2) is 0 Å². The summed E-state index contributed by atoms with van der Waals surface area (Å²) in [5, 5.41) is 6.07. The van der Waals surface area contributed by atoms with Crippen LogP contribution in [0.3, 0.4) is 0 Å². The summed E-state index contributed by atoms with van der Waals surface area (Å²) in [6, 6.07) is 18.1.